The molecule has 3 aromatic heterocycles. The van der Waals surface area contributed by atoms with Crippen LogP contribution in [0, 0.1) is 13.8 Å². The molecule has 12 nitrogen and oxygen atoms in total. The minimum Gasteiger partial charge on any atom is -0.444 e. The second-order valence-corrected chi connectivity index (χ2v) is 7.44. The van der Waals surface area contributed by atoms with Gasteiger partial charge in [0.05, 0.1) is 17.6 Å². The number of furan rings is 1. The van der Waals surface area contributed by atoms with Crippen LogP contribution in [0.5, 0.6) is 0 Å². The number of anilines is 3. The predicted octanol–water partition coefficient (Wildman–Crippen LogP) is 0.830. The van der Waals surface area contributed by atoms with Crippen molar-refractivity contribution in [2.24, 2.45) is 0 Å². The number of carbonyl (C=O) groups is 1. The Morgan fingerprint density at radius 2 is 1.91 bits per heavy atom. The van der Waals surface area contributed by atoms with Gasteiger partial charge in [-0.3, -0.25) is 29.3 Å². The predicted molar refractivity (Wildman–Crippen MR) is 121 cm³/mol. The monoisotopic (exact) mass is 445 g/mol. The molecule has 0 bridgehead atoms. The van der Waals surface area contributed by atoms with Crippen LogP contribution in [-0.4, -0.2) is 38.7 Å². The summed E-state index contributed by atoms with van der Waals surface area (Å²) in [6.07, 6.45) is 1.54. The minimum atomic E-state index is -0.674. The van der Waals surface area contributed by atoms with Crippen LogP contribution in [0.2, 0.25) is 0 Å². The van der Waals surface area contributed by atoms with Crippen molar-refractivity contribution in [2.45, 2.75) is 47.1 Å². The highest BCUT2D eigenvalue weighted by Gasteiger charge is 2.22. The third-order valence-electron chi connectivity index (χ3n) is 5.23. The van der Waals surface area contributed by atoms with Crippen LogP contribution >= 0.6 is 0 Å². The lowest BCUT2D eigenvalue weighted by molar-refractivity contribution is -0.115. The van der Waals surface area contributed by atoms with Gasteiger partial charge in [-0.2, -0.15) is 5.10 Å². The maximum atomic E-state index is 12.8. The van der Waals surface area contributed by atoms with Crippen molar-refractivity contribution in [3.63, 3.8) is 0 Å². The number of aromatic amines is 2. The summed E-state index contributed by atoms with van der Waals surface area (Å²) in [6, 6.07) is 0. The first-order valence-corrected chi connectivity index (χ1v) is 10.3. The van der Waals surface area contributed by atoms with Gasteiger partial charge in [0.1, 0.15) is 22.7 Å². The molecule has 3 rings (SSSR count). The number of nitrogen functional groups attached to an aromatic ring is 1. The summed E-state index contributed by atoms with van der Waals surface area (Å²) in [7, 11) is 0. The summed E-state index contributed by atoms with van der Waals surface area (Å²) in [5, 5.41) is 9.60. The maximum absolute atomic E-state index is 12.8. The van der Waals surface area contributed by atoms with Crippen LogP contribution in [0.3, 0.4) is 0 Å². The molecule has 12 heteroatoms. The second kappa shape index (κ2) is 9.12. The first-order valence-electron chi connectivity index (χ1n) is 10.3. The number of fused-ring (bicyclic) bond motifs is 1. The van der Waals surface area contributed by atoms with E-state index in [1.807, 2.05) is 6.92 Å². The van der Waals surface area contributed by atoms with Gasteiger partial charge in [0.2, 0.25) is 11.8 Å². The fourth-order valence-corrected chi connectivity index (χ4v) is 3.64. The van der Waals surface area contributed by atoms with E-state index < -0.39 is 22.7 Å². The highest BCUT2D eigenvalue weighted by Crippen LogP contribution is 2.28. The average Bonchev–Trinajstić information content (AvgIpc) is 3.06. The van der Waals surface area contributed by atoms with Crippen molar-refractivity contribution in [1.29, 1.82) is 0 Å². The minimum absolute atomic E-state index is 0.0000930. The molecule has 3 heterocycles. The van der Waals surface area contributed by atoms with Gasteiger partial charge in [-0.1, -0.05) is 13.3 Å². The number of amides is 1. The first kappa shape index (κ1) is 22.8. The van der Waals surface area contributed by atoms with Crippen molar-refractivity contribution in [3.05, 3.63) is 42.6 Å². The lowest BCUT2D eigenvalue weighted by Gasteiger charge is -2.24. The van der Waals surface area contributed by atoms with Gasteiger partial charge in [0.25, 0.3) is 11.1 Å². The number of nitrogens with one attached hydrogen (secondary N) is 3. The maximum Gasteiger partial charge on any atom is 0.330 e. The Balaban J connectivity index is 1.92. The Labute approximate surface area is 182 Å². The number of likely N-dealkylation sites (N-methyl/N-ethyl adjacent to an activating group) is 1. The number of aryl methyl sites for hydroxylation is 2. The molecule has 5 N–H and O–H groups in total. The Morgan fingerprint density at radius 3 is 2.56 bits per heavy atom. The van der Waals surface area contributed by atoms with Gasteiger partial charge in [-0.25, -0.2) is 9.89 Å². The van der Waals surface area contributed by atoms with Crippen LogP contribution in [0.4, 0.5) is 17.4 Å². The van der Waals surface area contributed by atoms with Gasteiger partial charge in [-0.05, 0) is 27.2 Å². The summed E-state index contributed by atoms with van der Waals surface area (Å²) >= 11 is 0. The second-order valence-electron chi connectivity index (χ2n) is 7.44. The van der Waals surface area contributed by atoms with E-state index in [1.165, 1.54) is 9.47 Å². The molecule has 172 valence electrons. The summed E-state index contributed by atoms with van der Waals surface area (Å²) in [5.74, 6) is -0.0803. The molecular weight excluding hydrogens is 418 g/mol. The lowest BCUT2D eigenvalue weighted by Crippen LogP contribution is -2.41. The standard InChI is InChI=1S/C20H27N7O5/c1-5-7-8-27-16(21)15(18(30)23-20(27)31)26(6-2)9-12(28)22-19-14-13(11(4)32-19)10(3)24-25-17(14)29/h5-9,21H2,1-4H3,(H,22,28)(H,25,29)(H,23,30,31). The van der Waals surface area contributed by atoms with E-state index in [4.69, 9.17) is 10.2 Å². The molecule has 3 aromatic rings. The Hall–Kier alpha value is -3.83. The van der Waals surface area contributed by atoms with E-state index in [2.05, 4.69) is 20.5 Å². The topological polar surface area (TPSA) is 172 Å². The van der Waals surface area contributed by atoms with Crippen LogP contribution in [0.25, 0.3) is 10.8 Å². The molecule has 0 fully saturated rings. The smallest absolute Gasteiger partial charge is 0.330 e. The summed E-state index contributed by atoms with van der Waals surface area (Å²) in [5.41, 5.74) is 4.99. The van der Waals surface area contributed by atoms with E-state index in [9.17, 15) is 19.2 Å². The molecule has 0 aliphatic rings. The van der Waals surface area contributed by atoms with Crippen molar-refractivity contribution in [2.75, 3.05) is 29.0 Å². The number of H-pyrrole nitrogens is 2. The van der Waals surface area contributed by atoms with Gasteiger partial charge in [-0.15, -0.1) is 0 Å². The van der Waals surface area contributed by atoms with Crippen LogP contribution < -0.4 is 32.8 Å². The Morgan fingerprint density at radius 1 is 1.19 bits per heavy atom. The van der Waals surface area contributed by atoms with Crippen molar-refractivity contribution < 1.29 is 9.21 Å². The fourth-order valence-electron chi connectivity index (χ4n) is 3.64. The van der Waals surface area contributed by atoms with E-state index in [0.717, 1.165) is 6.42 Å². The Kier molecular flexibility index (Phi) is 6.51. The molecular formula is C20H27N7O5. The average molecular weight is 445 g/mol. The van der Waals surface area contributed by atoms with E-state index in [-0.39, 0.29) is 35.9 Å². The SMILES string of the molecule is CCCCn1c(N)c(N(CC)CC(=O)Nc2oc(C)c3c(C)n[nH]c(=O)c23)c(=O)[nH]c1=O. The molecule has 0 spiro atoms. The molecule has 0 atom stereocenters. The molecule has 32 heavy (non-hydrogen) atoms. The number of nitrogens with zero attached hydrogens (tertiary/aromatic N) is 3. The molecule has 0 aromatic carbocycles. The Bertz CT molecular complexity index is 1330. The fraction of sp³-hybridized carbons (Fsp3) is 0.450. The van der Waals surface area contributed by atoms with E-state index in [0.29, 0.717) is 29.8 Å². The van der Waals surface area contributed by atoms with Crippen molar-refractivity contribution >= 4 is 34.1 Å². The zero-order valence-electron chi connectivity index (χ0n) is 18.5. The molecule has 0 radical (unpaired) electrons. The molecule has 0 aliphatic heterocycles. The third kappa shape index (κ3) is 4.15. The van der Waals surface area contributed by atoms with E-state index >= 15 is 0 Å². The quantitative estimate of drug-likeness (QED) is 0.395. The lowest BCUT2D eigenvalue weighted by atomic mass is 10.2. The normalized spacial score (nSPS) is 11.1. The van der Waals surface area contributed by atoms with Crippen molar-refractivity contribution in [1.82, 2.24) is 19.7 Å². The summed E-state index contributed by atoms with van der Waals surface area (Å²) in [4.78, 5) is 53.4. The molecule has 0 aliphatic carbocycles. The van der Waals surface area contributed by atoms with Crippen LogP contribution in [0.1, 0.15) is 38.1 Å². The highest BCUT2D eigenvalue weighted by molar-refractivity contribution is 6.02. The largest absolute Gasteiger partial charge is 0.444 e. The van der Waals surface area contributed by atoms with Crippen molar-refractivity contribution in [3.8, 4) is 0 Å². The first-order chi connectivity index (χ1) is 15.2. The summed E-state index contributed by atoms with van der Waals surface area (Å²) < 4.78 is 6.89. The molecule has 0 saturated carbocycles. The zero-order valence-corrected chi connectivity index (χ0v) is 18.5. The number of nitrogens with two attached hydrogens (primary N) is 1. The number of rotatable bonds is 8. The summed E-state index contributed by atoms with van der Waals surface area (Å²) in [6.45, 7) is 7.48. The van der Waals surface area contributed by atoms with Gasteiger partial charge < -0.3 is 15.1 Å². The number of hydrogen-bond donors (Lipinski definition) is 4. The van der Waals surface area contributed by atoms with Gasteiger partial charge in [0, 0.05) is 13.1 Å². The molecule has 0 unspecified atom stereocenters. The van der Waals surface area contributed by atoms with E-state index in [1.54, 1.807) is 20.8 Å². The number of carbonyl (C=O) groups excluding carboxylic acids is 1. The van der Waals surface area contributed by atoms with Crippen LogP contribution in [0.15, 0.2) is 18.8 Å². The number of unbranched alkanes of at least 4 members (excludes halogenated alkanes) is 1. The van der Waals surface area contributed by atoms with Crippen LogP contribution in [-0.2, 0) is 11.3 Å². The van der Waals surface area contributed by atoms with Gasteiger partial charge >= 0.3 is 5.69 Å². The number of aromatic nitrogens is 4. The highest BCUT2D eigenvalue weighted by atomic mass is 16.4. The molecule has 0 saturated heterocycles. The van der Waals surface area contributed by atoms with Gasteiger partial charge in [0.15, 0.2) is 0 Å². The molecule has 1 amide bonds. The number of hydrogen-bond acceptors (Lipinski definition) is 8. The zero-order chi connectivity index (χ0) is 23.6. The third-order valence-corrected chi connectivity index (χ3v) is 5.23.